The predicted molar refractivity (Wildman–Crippen MR) is 74.0 cm³/mol. The average molecular weight is 266 g/mol. The van der Waals surface area contributed by atoms with Gasteiger partial charge < -0.3 is 15.2 Å². The maximum atomic E-state index is 11.7. The van der Waals surface area contributed by atoms with Crippen LogP contribution in [0, 0.1) is 0 Å². The number of likely N-dealkylation sites (N-methyl/N-ethyl adjacent to an activating group) is 1. The van der Waals surface area contributed by atoms with Crippen molar-refractivity contribution in [2.75, 3.05) is 27.2 Å². The number of ether oxygens (including phenoxy) is 1. The topological polar surface area (TPSA) is 61.8 Å². The molecule has 0 aliphatic heterocycles. The Balaban J connectivity index is 2.41. The number of nitrogens with zero attached hydrogens (tertiary/aromatic N) is 1. The SMILES string of the molecule is COc1ccccc1CNC(=O)CN(C)CC(C)O. The highest BCUT2D eigenvalue weighted by Gasteiger charge is 2.09. The Labute approximate surface area is 114 Å². The summed E-state index contributed by atoms with van der Waals surface area (Å²) in [7, 11) is 3.41. The Hall–Kier alpha value is -1.59. The van der Waals surface area contributed by atoms with Gasteiger partial charge in [-0.15, -0.1) is 0 Å². The number of nitrogens with one attached hydrogen (secondary N) is 1. The van der Waals surface area contributed by atoms with Crippen molar-refractivity contribution in [1.82, 2.24) is 10.2 Å². The summed E-state index contributed by atoms with van der Waals surface area (Å²) in [5, 5.41) is 12.1. The van der Waals surface area contributed by atoms with Crippen molar-refractivity contribution >= 4 is 5.91 Å². The van der Waals surface area contributed by atoms with Crippen molar-refractivity contribution in [2.24, 2.45) is 0 Å². The van der Waals surface area contributed by atoms with Crippen molar-refractivity contribution in [3.8, 4) is 5.75 Å². The van der Waals surface area contributed by atoms with E-state index in [0.29, 0.717) is 13.1 Å². The van der Waals surface area contributed by atoms with E-state index < -0.39 is 6.10 Å². The van der Waals surface area contributed by atoms with Crippen molar-refractivity contribution in [3.63, 3.8) is 0 Å². The van der Waals surface area contributed by atoms with Gasteiger partial charge in [0.05, 0.1) is 19.8 Å². The molecule has 1 aromatic carbocycles. The minimum Gasteiger partial charge on any atom is -0.496 e. The van der Waals surface area contributed by atoms with Crippen LogP contribution in [0.15, 0.2) is 24.3 Å². The summed E-state index contributed by atoms with van der Waals surface area (Å²) in [6, 6.07) is 7.57. The maximum Gasteiger partial charge on any atom is 0.234 e. The molecule has 106 valence electrons. The molecule has 1 rings (SSSR count). The van der Waals surface area contributed by atoms with Gasteiger partial charge in [0, 0.05) is 18.7 Å². The lowest BCUT2D eigenvalue weighted by Gasteiger charge is -2.18. The number of para-hydroxylation sites is 1. The lowest BCUT2D eigenvalue weighted by Crippen LogP contribution is -2.37. The molecule has 19 heavy (non-hydrogen) atoms. The summed E-state index contributed by atoms with van der Waals surface area (Å²) in [4.78, 5) is 13.5. The van der Waals surface area contributed by atoms with Gasteiger partial charge in [0.1, 0.15) is 5.75 Å². The molecule has 2 N–H and O–H groups in total. The molecule has 5 nitrogen and oxygen atoms in total. The fourth-order valence-corrected chi connectivity index (χ4v) is 1.86. The molecule has 0 aromatic heterocycles. The number of aliphatic hydroxyl groups is 1. The molecule has 0 spiro atoms. The van der Waals surface area contributed by atoms with Crippen molar-refractivity contribution in [2.45, 2.75) is 19.6 Å². The minimum atomic E-state index is -0.438. The van der Waals surface area contributed by atoms with Crippen LogP contribution in [0.1, 0.15) is 12.5 Å². The number of carbonyl (C=O) groups is 1. The Morgan fingerprint density at radius 3 is 2.79 bits per heavy atom. The predicted octanol–water partition coefficient (Wildman–Crippen LogP) is 0.624. The molecular weight excluding hydrogens is 244 g/mol. The largest absolute Gasteiger partial charge is 0.496 e. The zero-order valence-electron chi connectivity index (χ0n) is 11.7. The van der Waals surface area contributed by atoms with Gasteiger partial charge >= 0.3 is 0 Å². The smallest absolute Gasteiger partial charge is 0.234 e. The van der Waals surface area contributed by atoms with Crippen LogP contribution in [0.5, 0.6) is 5.75 Å². The molecule has 0 saturated carbocycles. The second-order valence-corrected chi connectivity index (χ2v) is 4.63. The number of hydrogen-bond acceptors (Lipinski definition) is 4. The molecule has 1 amide bonds. The summed E-state index contributed by atoms with van der Waals surface area (Å²) in [6.07, 6.45) is -0.438. The number of methoxy groups -OCH3 is 1. The van der Waals surface area contributed by atoms with E-state index in [1.54, 1.807) is 26.0 Å². The number of aliphatic hydroxyl groups excluding tert-OH is 1. The van der Waals surface area contributed by atoms with E-state index in [2.05, 4.69) is 5.32 Å². The van der Waals surface area contributed by atoms with Gasteiger partial charge in [0.2, 0.25) is 5.91 Å². The van der Waals surface area contributed by atoms with Crippen LogP contribution in [0.3, 0.4) is 0 Å². The third-order valence-electron chi connectivity index (χ3n) is 2.66. The van der Waals surface area contributed by atoms with Gasteiger partial charge in [0.25, 0.3) is 0 Å². The number of rotatable bonds is 7. The molecule has 0 aliphatic carbocycles. The highest BCUT2D eigenvalue weighted by Crippen LogP contribution is 2.16. The van der Waals surface area contributed by atoms with Crippen LogP contribution in [0.2, 0.25) is 0 Å². The summed E-state index contributed by atoms with van der Waals surface area (Å²) in [6.45, 7) is 2.87. The van der Waals surface area contributed by atoms with Crippen LogP contribution in [-0.2, 0) is 11.3 Å². The van der Waals surface area contributed by atoms with Gasteiger partial charge in [-0.1, -0.05) is 18.2 Å². The number of benzene rings is 1. The van der Waals surface area contributed by atoms with E-state index in [-0.39, 0.29) is 12.5 Å². The number of amides is 1. The van der Waals surface area contributed by atoms with E-state index in [0.717, 1.165) is 11.3 Å². The van der Waals surface area contributed by atoms with E-state index in [1.165, 1.54) is 0 Å². The molecule has 1 unspecified atom stereocenters. The van der Waals surface area contributed by atoms with Crippen LogP contribution < -0.4 is 10.1 Å². The van der Waals surface area contributed by atoms with Crippen LogP contribution in [0.25, 0.3) is 0 Å². The molecule has 0 fully saturated rings. The lowest BCUT2D eigenvalue weighted by molar-refractivity contribution is -0.122. The van der Waals surface area contributed by atoms with Gasteiger partial charge in [-0.25, -0.2) is 0 Å². The maximum absolute atomic E-state index is 11.7. The quantitative estimate of drug-likeness (QED) is 0.759. The highest BCUT2D eigenvalue weighted by atomic mass is 16.5. The fraction of sp³-hybridized carbons (Fsp3) is 0.500. The standard InChI is InChI=1S/C14H22N2O3/c1-11(17)9-16(2)10-14(18)15-8-12-6-4-5-7-13(12)19-3/h4-7,11,17H,8-10H2,1-3H3,(H,15,18). The van der Waals surface area contributed by atoms with E-state index in [1.807, 2.05) is 24.3 Å². The zero-order chi connectivity index (χ0) is 14.3. The lowest BCUT2D eigenvalue weighted by atomic mass is 10.2. The summed E-state index contributed by atoms with van der Waals surface area (Å²) < 4.78 is 5.22. The Morgan fingerprint density at radius 1 is 1.47 bits per heavy atom. The van der Waals surface area contributed by atoms with E-state index in [4.69, 9.17) is 4.74 Å². The minimum absolute atomic E-state index is 0.0749. The molecule has 5 heteroatoms. The molecule has 1 aromatic rings. The monoisotopic (exact) mass is 266 g/mol. The second-order valence-electron chi connectivity index (χ2n) is 4.63. The van der Waals surface area contributed by atoms with Gasteiger partial charge in [-0.3, -0.25) is 9.69 Å². The Kier molecular flexibility index (Phi) is 6.32. The third-order valence-corrected chi connectivity index (χ3v) is 2.66. The van der Waals surface area contributed by atoms with Crippen LogP contribution >= 0.6 is 0 Å². The van der Waals surface area contributed by atoms with Gasteiger partial charge in [0.15, 0.2) is 0 Å². The normalized spacial score (nSPS) is 12.3. The van der Waals surface area contributed by atoms with E-state index in [9.17, 15) is 9.90 Å². The first-order valence-corrected chi connectivity index (χ1v) is 6.28. The van der Waals surface area contributed by atoms with E-state index >= 15 is 0 Å². The first-order valence-electron chi connectivity index (χ1n) is 6.28. The molecular formula is C14H22N2O3. The first-order chi connectivity index (χ1) is 9.02. The number of carbonyl (C=O) groups excluding carboxylic acids is 1. The third kappa shape index (κ3) is 5.72. The Morgan fingerprint density at radius 2 is 2.16 bits per heavy atom. The molecule has 0 heterocycles. The first kappa shape index (κ1) is 15.5. The fourth-order valence-electron chi connectivity index (χ4n) is 1.86. The highest BCUT2D eigenvalue weighted by molar-refractivity contribution is 5.78. The molecule has 0 aliphatic rings. The second kappa shape index (κ2) is 7.76. The molecule has 0 radical (unpaired) electrons. The summed E-state index contributed by atoms with van der Waals surface area (Å²) in [5.74, 6) is 0.689. The van der Waals surface area contributed by atoms with Gasteiger partial charge in [-0.05, 0) is 20.0 Å². The van der Waals surface area contributed by atoms with Crippen LogP contribution in [-0.4, -0.2) is 49.3 Å². The molecule has 0 saturated heterocycles. The van der Waals surface area contributed by atoms with Crippen LogP contribution in [0.4, 0.5) is 0 Å². The average Bonchev–Trinajstić information content (AvgIpc) is 2.35. The molecule has 0 bridgehead atoms. The molecule has 1 atom stereocenters. The summed E-state index contributed by atoms with van der Waals surface area (Å²) in [5.41, 5.74) is 0.941. The van der Waals surface area contributed by atoms with Crippen molar-refractivity contribution in [1.29, 1.82) is 0 Å². The Bertz CT molecular complexity index is 407. The van der Waals surface area contributed by atoms with Gasteiger partial charge in [-0.2, -0.15) is 0 Å². The zero-order valence-corrected chi connectivity index (χ0v) is 11.7. The van der Waals surface area contributed by atoms with Crippen molar-refractivity contribution in [3.05, 3.63) is 29.8 Å². The summed E-state index contributed by atoms with van der Waals surface area (Å²) >= 11 is 0. The van der Waals surface area contributed by atoms with Crippen molar-refractivity contribution < 1.29 is 14.6 Å². The number of hydrogen-bond donors (Lipinski definition) is 2.